The van der Waals surface area contributed by atoms with Crippen molar-refractivity contribution in [3.63, 3.8) is 0 Å². The van der Waals surface area contributed by atoms with Crippen LogP contribution in [-0.4, -0.2) is 81.5 Å². The summed E-state index contributed by atoms with van der Waals surface area (Å²) in [6.45, 7) is 0.0939. The first kappa shape index (κ1) is 33.2. The third-order valence-corrected chi connectivity index (χ3v) is 5.21. The van der Waals surface area contributed by atoms with Gasteiger partial charge in [-0.05, 0) is 23.6 Å². The molecule has 1 unspecified atom stereocenters. The minimum absolute atomic E-state index is 0.105. The lowest BCUT2D eigenvalue weighted by Crippen LogP contribution is -2.58. The van der Waals surface area contributed by atoms with E-state index in [1.165, 1.54) is 52.3 Å². The van der Waals surface area contributed by atoms with Gasteiger partial charge in [0.25, 0.3) is 5.91 Å². The van der Waals surface area contributed by atoms with Crippen LogP contribution in [0.15, 0.2) is 24.3 Å². The molecule has 4 N–H and O–H groups in total. The van der Waals surface area contributed by atoms with Crippen LogP contribution in [0, 0.1) is 5.92 Å². The van der Waals surface area contributed by atoms with Gasteiger partial charge in [-0.25, -0.2) is 0 Å². The Morgan fingerprint density at radius 2 is 1.54 bits per heavy atom. The van der Waals surface area contributed by atoms with E-state index in [0.29, 0.717) is 5.75 Å². The summed E-state index contributed by atoms with van der Waals surface area (Å²) in [5, 5.41) is 7.50. The summed E-state index contributed by atoms with van der Waals surface area (Å²) in [5.41, 5.74) is 0.105. The SMILES string of the molecule is COC[C@H](NC=O)C(=O)NC(C(=O)N[C@H](C(=O)C(F)(F)C(=O)NCC(F)(F)F)C(C)C)c1ccc(OC)cc1. The Hall–Kier alpha value is -3.82. The van der Waals surface area contributed by atoms with Gasteiger partial charge in [-0.1, -0.05) is 26.0 Å². The molecule has 1 aromatic rings. The molecule has 1 aromatic carbocycles. The second kappa shape index (κ2) is 14.4. The van der Waals surface area contributed by atoms with Gasteiger partial charge in [0.1, 0.15) is 24.4 Å². The normalized spacial score (nSPS) is 14.0. The zero-order valence-corrected chi connectivity index (χ0v) is 21.4. The first-order valence-corrected chi connectivity index (χ1v) is 11.3. The smallest absolute Gasteiger partial charge is 0.405 e. The Balaban J connectivity index is 3.30. The number of methoxy groups -OCH3 is 2. The van der Waals surface area contributed by atoms with Crippen molar-refractivity contribution >= 4 is 29.9 Å². The minimum atomic E-state index is -5.01. The number of benzene rings is 1. The molecule has 4 amide bonds. The summed E-state index contributed by atoms with van der Waals surface area (Å²) >= 11 is 0. The lowest BCUT2D eigenvalue weighted by Gasteiger charge is -2.28. The highest BCUT2D eigenvalue weighted by atomic mass is 19.4. The number of amides is 4. The van der Waals surface area contributed by atoms with Crippen molar-refractivity contribution in [2.45, 2.75) is 44.1 Å². The van der Waals surface area contributed by atoms with Crippen molar-refractivity contribution in [1.82, 2.24) is 21.3 Å². The Labute approximate surface area is 220 Å². The van der Waals surface area contributed by atoms with Crippen molar-refractivity contribution in [2.75, 3.05) is 27.4 Å². The van der Waals surface area contributed by atoms with E-state index < -0.39 is 66.2 Å². The number of ether oxygens (including phenoxy) is 2. The molecular weight excluding hydrogens is 539 g/mol. The summed E-state index contributed by atoms with van der Waals surface area (Å²) < 4.78 is 76.0. The number of halogens is 5. The highest BCUT2D eigenvalue weighted by molar-refractivity contribution is 6.10. The molecule has 0 radical (unpaired) electrons. The Morgan fingerprint density at radius 3 is 2.00 bits per heavy atom. The van der Waals surface area contributed by atoms with Gasteiger partial charge in [-0.3, -0.25) is 24.0 Å². The number of rotatable bonds is 15. The maximum atomic E-state index is 14.5. The maximum Gasteiger partial charge on any atom is 0.405 e. The number of carbonyl (C=O) groups excluding carboxylic acids is 5. The molecule has 0 aliphatic heterocycles. The molecule has 11 nitrogen and oxygen atoms in total. The van der Waals surface area contributed by atoms with Gasteiger partial charge < -0.3 is 30.7 Å². The van der Waals surface area contributed by atoms with Gasteiger partial charge in [0, 0.05) is 7.11 Å². The number of nitrogens with one attached hydrogen (secondary N) is 4. The van der Waals surface area contributed by atoms with Crippen LogP contribution in [-0.2, 0) is 28.7 Å². The molecule has 0 aromatic heterocycles. The van der Waals surface area contributed by atoms with Crippen molar-refractivity contribution in [3.05, 3.63) is 29.8 Å². The van der Waals surface area contributed by atoms with Crippen molar-refractivity contribution in [1.29, 1.82) is 0 Å². The molecule has 0 saturated heterocycles. The third-order valence-electron chi connectivity index (χ3n) is 5.21. The molecule has 16 heteroatoms. The number of ketones is 1. The summed E-state index contributed by atoms with van der Waals surface area (Å²) in [5.74, 6) is -12.4. The molecule has 218 valence electrons. The molecule has 3 atom stereocenters. The van der Waals surface area contributed by atoms with Crippen LogP contribution in [0.1, 0.15) is 25.5 Å². The topological polar surface area (TPSA) is 152 Å². The number of Topliss-reactive ketones (excluding diaryl/α,β-unsaturated/α-hetero) is 1. The van der Waals surface area contributed by atoms with Gasteiger partial charge >= 0.3 is 12.1 Å². The van der Waals surface area contributed by atoms with E-state index in [0.717, 1.165) is 5.32 Å². The molecule has 0 aliphatic carbocycles. The number of alkyl halides is 5. The lowest BCUT2D eigenvalue weighted by molar-refractivity contribution is -0.165. The van der Waals surface area contributed by atoms with Gasteiger partial charge in [0.05, 0.1) is 19.8 Å². The highest BCUT2D eigenvalue weighted by Crippen LogP contribution is 2.23. The largest absolute Gasteiger partial charge is 0.497 e. The Morgan fingerprint density at radius 1 is 0.949 bits per heavy atom. The quantitative estimate of drug-likeness (QED) is 0.138. The van der Waals surface area contributed by atoms with Gasteiger partial charge in [0.2, 0.25) is 24.0 Å². The number of carbonyl (C=O) groups is 5. The van der Waals surface area contributed by atoms with Gasteiger partial charge in [-0.2, -0.15) is 22.0 Å². The van der Waals surface area contributed by atoms with E-state index in [4.69, 9.17) is 9.47 Å². The zero-order chi connectivity index (χ0) is 30.0. The van der Waals surface area contributed by atoms with Crippen LogP contribution in [0.4, 0.5) is 22.0 Å². The average Bonchev–Trinajstić information content (AvgIpc) is 2.87. The molecule has 0 bridgehead atoms. The van der Waals surface area contributed by atoms with Crippen LogP contribution in [0.25, 0.3) is 0 Å². The average molecular weight is 568 g/mol. The fourth-order valence-electron chi connectivity index (χ4n) is 3.16. The van der Waals surface area contributed by atoms with E-state index in [1.807, 2.05) is 5.32 Å². The Kier molecular flexibility index (Phi) is 12.2. The summed E-state index contributed by atoms with van der Waals surface area (Å²) in [6.07, 6.45) is -4.80. The fourth-order valence-corrected chi connectivity index (χ4v) is 3.16. The number of hydrogen-bond donors (Lipinski definition) is 4. The predicted molar refractivity (Wildman–Crippen MR) is 125 cm³/mol. The maximum absolute atomic E-state index is 14.5. The van der Waals surface area contributed by atoms with E-state index in [-0.39, 0.29) is 18.6 Å². The van der Waals surface area contributed by atoms with Crippen LogP contribution in [0.3, 0.4) is 0 Å². The monoisotopic (exact) mass is 568 g/mol. The van der Waals surface area contributed by atoms with E-state index >= 15 is 0 Å². The van der Waals surface area contributed by atoms with Crippen molar-refractivity contribution in [3.8, 4) is 5.75 Å². The zero-order valence-electron chi connectivity index (χ0n) is 21.4. The van der Waals surface area contributed by atoms with Crippen LogP contribution in [0.2, 0.25) is 0 Å². The molecule has 39 heavy (non-hydrogen) atoms. The lowest BCUT2D eigenvalue weighted by atomic mass is 9.94. The first-order valence-electron chi connectivity index (χ1n) is 11.3. The van der Waals surface area contributed by atoms with Crippen molar-refractivity contribution < 1.29 is 55.4 Å². The van der Waals surface area contributed by atoms with E-state index in [9.17, 15) is 45.9 Å². The number of hydrogen-bond acceptors (Lipinski definition) is 7. The van der Waals surface area contributed by atoms with E-state index in [1.54, 1.807) is 0 Å². The predicted octanol–water partition coefficient (Wildman–Crippen LogP) is 0.637. The minimum Gasteiger partial charge on any atom is -0.497 e. The van der Waals surface area contributed by atoms with Gasteiger partial charge in [-0.15, -0.1) is 0 Å². The van der Waals surface area contributed by atoms with Gasteiger partial charge in [0.15, 0.2) is 0 Å². The van der Waals surface area contributed by atoms with Crippen molar-refractivity contribution in [2.24, 2.45) is 5.92 Å². The van der Waals surface area contributed by atoms with Crippen LogP contribution in [0.5, 0.6) is 5.75 Å². The molecular formula is C23H29F5N4O7. The summed E-state index contributed by atoms with van der Waals surface area (Å²) in [6, 6.07) is 0.623. The molecule has 0 fully saturated rings. The third kappa shape index (κ3) is 9.77. The molecule has 0 saturated carbocycles. The Bertz CT molecular complexity index is 1020. The second-order valence-corrected chi connectivity index (χ2v) is 8.47. The van der Waals surface area contributed by atoms with E-state index in [2.05, 4.69) is 10.6 Å². The summed E-state index contributed by atoms with van der Waals surface area (Å²) in [7, 11) is 2.61. The first-order chi connectivity index (χ1) is 18.1. The molecule has 1 rings (SSSR count). The van der Waals surface area contributed by atoms with Crippen LogP contribution >= 0.6 is 0 Å². The summed E-state index contributed by atoms with van der Waals surface area (Å²) in [4.78, 5) is 61.1. The fraction of sp³-hybridized carbons (Fsp3) is 0.522. The second-order valence-electron chi connectivity index (χ2n) is 8.47. The van der Waals surface area contributed by atoms with Crippen LogP contribution < -0.4 is 26.0 Å². The standard InChI is InChI=1S/C23H29F5N4O7/c1-12(2)16(18(34)23(27,28)21(37)29-10-22(24,25)26)31-20(36)17(13-5-7-14(39-4)8-6-13)32-19(35)15(9-38-3)30-11-33/h5-8,11-12,15-17H,9-10H2,1-4H3,(H,29,37)(H,30,33)(H,31,36)(H,32,35)/t15-,16-,17?/m0/s1. The molecule has 0 heterocycles. The molecule has 0 spiro atoms. The molecule has 0 aliphatic rings. The highest BCUT2D eigenvalue weighted by Gasteiger charge is 2.52.